The molecule has 0 bridgehead atoms. The molecule has 1 aliphatic rings. The van der Waals surface area contributed by atoms with Crippen molar-refractivity contribution in [2.24, 2.45) is 11.8 Å². The van der Waals surface area contributed by atoms with Crippen LogP contribution in [0.2, 0.25) is 0 Å². The largest absolute Gasteiger partial charge is 0.469 e. The standard InChI is InChI=1S/C19H20O5/c1-23-18(21)15-10-9-14(12-16(15)19(22)24-2)17(20)11-8-13-6-4-3-5-7-13/h3-9,11,15-16H,10,12H2,1-2H3/b11-8+/t15-,16+/m0/s1. The molecule has 0 aromatic heterocycles. The number of carbonyl (C=O) groups is 3. The Hall–Kier alpha value is -2.69. The van der Waals surface area contributed by atoms with Gasteiger partial charge in [0.25, 0.3) is 0 Å². The summed E-state index contributed by atoms with van der Waals surface area (Å²) in [6.07, 6.45) is 5.37. The third kappa shape index (κ3) is 4.19. The molecule has 126 valence electrons. The van der Waals surface area contributed by atoms with Gasteiger partial charge in [0, 0.05) is 0 Å². The molecule has 0 N–H and O–H groups in total. The number of allylic oxidation sites excluding steroid dienone is 3. The van der Waals surface area contributed by atoms with Crippen LogP contribution in [0.1, 0.15) is 18.4 Å². The third-order valence-electron chi connectivity index (χ3n) is 4.09. The molecular weight excluding hydrogens is 308 g/mol. The number of hydrogen-bond acceptors (Lipinski definition) is 5. The maximum atomic E-state index is 12.4. The summed E-state index contributed by atoms with van der Waals surface area (Å²) < 4.78 is 9.51. The van der Waals surface area contributed by atoms with Gasteiger partial charge in [-0.25, -0.2) is 0 Å². The summed E-state index contributed by atoms with van der Waals surface area (Å²) in [7, 11) is 2.55. The minimum atomic E-state index is -0.698. The number of ether oxygens (including phenoxy) is 2. The molecule has 5 heteroatoms. The van der Waals surface area contributed by atoms with Gasteiger partial charge < -0.3 is 9.47 Å². The highest BCUT2D eigenvalue weighted by atomic mass is 16.5. The third-order valence-corrected chi connectivity index (χ3v) is 4.09. The summed E-state index contributed by atoms with van der Waals surface area (Å²) >= 11 is 0. The van der Waals surface area contributed by atoms with Crippen LogP contribution >= 0.6 is 0 Å². The summed E-state index contributed by atoms with van der Waals surface area (Å²) in [5.74, 6) is -2.45. The van der Waals surface area contributed by atoms with Crippen LogP contribution in [-0.4, -0.2) is 31.9 Å². The van der Waals surface area contributed by atoms with Crippen molar-refractivity contribution in [2.75, 3.05) is 14.2 Å². The molecule has 0 unspecified atom stereocenters. The first-order valence-electron chi connectivity index (χ1n) is 7.69. The monoisotopic (exact) mass is 328 g/mol. The van der Waals surface area contributed by atoms with Crippen LogP contribution < -0.4 is 0 Å². The minimum absolute atomic E-state index is 0.170. The zero-order valence-electron chi connectivity index (χ0n) is 13.7. The quantitative estimate of drug-likeness (QED) is 0.614. The summed E-state index contributed by atoms with van der Waals surface area (Å²) in [6, 6.07) is 9.46. The lowest BCUT2D eigenvalue weighted by atomic mass is 9.78. The average molecular weight is 328 g/mol. The Balaban J connectivity index is 2.14. The van der Waals surface area contributed by atoms with E-state index in [2.05, 4.69) is 0 Å². The first-order chi connectivity index (χ1) is 11.6. The van der Waals surface area contributed by atoms with Gasteiger partial charge in [0.1, 0.15) is 0 Å². The van der Waals surface area contributed by atoms with E-state index in [4.69, 9.17) is 9.47 Å². The van der Waals surface area contributed by atoms with Gasteiger partial charge in [0.15, 0.2) is 5.78 Å². The molecule has 2 rings (SSSR count). The molecule has 0 heterocycles. The Morgan fingerprint density at radius 2 is 1.62 bits per heavy atom. The van der Waals surface area contributed by atoms with Gasteiger partial charge in [-0.2, -0.15) is 0 Å². The molecule has 1 aromatic carbocycles. The molecule has 0 spiro atoms. The number of benzene rings is 1. The fraction of sp³-hybridized carbons (Fsp3) is 0.316. The van der Waals surface area contributed by atoms with E-state index in [0.717, 1.165) is 5.56 Å². The van der Waals surface area contributed by atoms with E-state index in [1.165, 1.54) is 20.3 Å². The highest BCUT2D eigenvalue weighted by molar-refractivity contribution is 6.07. The van der Waals surface area contributed by atoms with E-state index in [0.29, 0.717) is 5.57 Å². The van der Waals surface area contributed by atoms with Crippen molar-refractivity contribution in [3.05, 3.63) is 53.6 Å². The first-order valence-corrected chi connectivity index (χ1v) is 7.69. The maximum absolute atomic E-state index is 12.4. The van der Waals surface area contributed by atoms with E-state index < -0.39 is 23.8 Å². The average Bonchev–Trinajstić information content (AvgIpc) is 2.65. The van der Waals surface area contributed by atoms with E-state index in [9.17, 15) is 14.4 Å². The van der Waals surface area contributed by atoms with Gasteiger partial charge in [-0.3, -0.25) is 14.4 Å². The van der Waals surface area contributed by atoms with Crippen molar-refractivity contribution in [3.8, 4) is 0 Å². The Labute approximate surface area is 141 Å². The zero-order chi connectivity index (χ0) is 17.5. The van der Waals surface area contributed by atoms with Gasteiger partial charge in [-0.05, 0) is 30.1 Å². The number of rotatable bonds is 5. The second-order valence-electron chi connectivity index (χ2n) is 5.54. The molecule has 0 radical (unpaired) electrons. The summed E-state index contributed by atoms with van der Waals surface area (Å²) in [5.41, 5.74) is 1.43. The van der Waals surface area contributed by atoms with Crippen LogP contribution in [-0.2, 0) is 23.9 Å². The van der Waals surface area contributed by atoms with Crippen molar-refractivity contribution in [3.63, 3.8) is 0 Å². The molecule has 1 aliphatic carbocycles. The highest BCUT2D eigenvalue weighted by Gasteiger charge is 2.38. The van der Waals surface area contributed by atoms with Crippen LogP contribution in [0.3, 0.4) is 0 Å². The van der Waals surface area contributed by atoms with Crippen molar-refractivity contribution in [2.45, 2.75) is 12.8 Å². The number of methoxy groups -OCH3 is 2. The molecule has 0 saturated heterocycles. The topological polar surface area (TPSA) is 69.7 Å². The smallest absolute Gasteiger partial charge is 0.309 e. The molecule has 5 nitrogen and oxygen atoms in total. The van der Waals surface area contributed by atoms with Crippen molar-refractivity contribution < 1.29 is 23.9 Å². The summed E-state index contributed by atoms with van der Waals surface area (Å²) in [6.45, 7) is 0. The second-order valence-corrected chi connectivity index (χ2v) is 5.54. The number of ketones is 1. The first kappa shape index (κ1) is 17.7. The molecule has 2 atom stereocenters. The van der Waals surface area contributed by atoms with Gasteiger partial charge in [0.2, 0.25) is 0 Å². The zero-order valence-corrected chi connectivity index (χ0v) is 13.7. The van der Waals surface area contributed by atoms with Crippen molar-refractivity contribution in [1.29, 1.82) is 0 Å². The molecule has 24 heavy (non-hydrogen) atoms. The molecular formula is C19H20O5. The normalized spacial score (nSPS) is 20.3. The number of hydrogen-bond donors (Lipinski definition) is 0. The Kier molecular flexibility index (Phi) is 6.07. The molecule has 0 fully saturated rings. The molecule has 0 aliphatic heterocycles. The van der Waals surface area contributed by atoms with Gasteiger partial charge in [-0.15, -0.1) is 0 Å². The second kappa shape index (κ2) is 8.24. The van der Waals surface area contributed by atoms with Crippen molar-refractivity contribution >= 4 is 23.8 Å². The van der Waals surface area contributed by atoms with Gasteiger partial charge in [0.05, 0.1) is 26.1 Å². The molecule has 1 aromatic rings. The van der Waals surface area contributed by atoms with E-state index in [1.54, 1.807) is 12.2 Å². The van der Waals surface area contributed by atoms with Crippen LogP contribution in [0.25, 0.3) is 6.08 Å². The fourth-order valence-electron chi connectivity index (χ4n) is 2.75. The lowest BCUT2D eigenvalue weighted by Crippen LogP contribution is -2.34. The lowest BCUT2D eigenvalue weighted by Gasteiger charge is -2.26. The van der Waals surface area contributed by atoms with Crippen LogP contribution in [0.4, 0.5) is 0 Å². The molecule has 0 amide bonds. The highest BCUT2D eigenvalue weighted by Crippen LogP contribution is 2.32. The molecule has 0 saturated carbocycles. The predicted molar refractivity (Wildman–Crippen MR) is 88.8 cm³/mol. The van der Waals surface area contributed by atoms with E-state index in [-0.39, 0.29) is 18.6 Å². The SMILES string of the molecule is COC(=O)[C@H]1CC=C(C(=O)/C=C/c2ccccc2)C[C@H]1C(=O)OC. The van der Waals surface area contributed by atoms with Crippen LogP contribution in [0, 0.1) is 11.8 Å². The van der Waals surface area contributed by atoms with E-state index in [1.807, 2.05) is 30.3 Å². The maximum Gasteiger partial charge on any atom is 0.309 e. The fourth-order valence-corrected chi connectivity index (χ4v) is 2.75. The minimum Gasteiger partial charge on any atom is -0.469 e. The van der Waals surface area contributed by atoms with E-state index >= 15 is 0 Å². The number of carbonyl (C=O) groups excluding carboxylic acids is 3. The Morgan fingerprint density at radius 1 is 1.00 bits per heavy atom. The van der Waals surface area contributed by atoms with Crippen LogP contribution in [0.15, 0.2) is 48.1 Å². The number of esters is 2. The van der Waals surface area contributed by atoms with Crippen molar-refractivity contribution in [1.82, 2.24) is 0 Å². The summed E-state index contributed by atoms with van der Waals surface area (Å²) in [4.78, 5) is 36.1. The Bertz CT molecular complexity index is 672. The van der Waals surface area contributed by atoms with Crippen LogP contribution in [0.5, 0.6) is 0 Å². The predicted octanol–water partition coefficient (Wildman–Crippen LogP) is 2.57. The summed E-state index contributed by atoms with van der Waals surface area (Å²) in [5, 5.41) is 0. The Morgan fingerprint density at radius 3 is 2.25 bits per heavy atom. The lowest BCUT2D eigenvalue weighted by molar-refractivity contribution is -0.157. The van der Waals surface area contributed by atoms with Gasteiger partial charge >= 0.3 is 11.9 Å². The van der Waals surface area contributed by atoms with Gasteiger partial charge in [-0.1, -0.05) is 42.5 Å².